The number of nitrogens with one attached hydrogen (secondary N) is 14. The number of aromatic nitrogens is 2. The summed E-state index contributed by atoms with van der Waals surface area (Å²) in [5.41, 5.74) is 38.6. The fraction of sp³-hybridized carbons (Fsp3) is 0.605. The van der Waals surface area contributed by atoms with Crippen molar-refractivity contribution in [2.45, 2.75) is 234 Å². The molecule has 0 radical (unpaired) electrons. The van der Waals surface area contributed by atoms with Crippen molar-refractivity contribution in [1.29, 1.82) is 0 Å². The fourth-order valence-electron chi connectivity index (χ4n) is 14.4. The first-order valence-electron chi connectivity index (χ1n) is 39.4. The van der Waals surface area contributed by atoms with Crippen LogP contribution >= 0.6 is 0 Å². The number of hydrogen-bond acceptors (Lipinski definition) is 21. The molecule has 7 rings (SSSR count). The average molecular weight is 1580 g/mol. The molecule has 14 amide bonds. The molecule has 37 nitrogen and oxygen atoms in total. The lowest BCUT2D eigenvalue weighted by molar-refractivity contribution is -0.148. The van der Waals surface area contributed by atoms with Crippen molar-refractivity contribution >= 4 is 105 Å². The number of hydrogen-bond donors (Lipinski definition) is 21. The molecule has 16 atom stereocenters. The molecule has 2 aromatic heterocycles. The second-order valence-corrected chi connectivity index (χ2v) is 29.3. The molecule has 3 aliphatic rings. The van der Waals surface area contributed by atoms with E-state index in [0.29, 0.717) is 65.0 Å². The van der Waals surface area contributed by atoms with Gasteiger partial charge in [0.15, 0.2) is 0 Å². The third kappa shape index (κ3) is 24.7. The van der Waals surface area contributed by atoms with Gasteiger partial charge in [-0.15, -0.1) is 0 Å². The number of aliphatic hydroxyl groups excluding tert-OH is 1. The molecule has 0 saturated carbocycles. The first kappa shape index (κ1) is 90.0. The minimum absolute atomic E-state index is 0.00843. The normalized spacial score (nSPS) is 26.8. The van der Waals surface area contributed by atoms with Gasteiger partial charge in [0.1, 0.15) is 84.6 Å². The minimum atomic E-state index is -1.75. The fourth-order valence-corrected chi connectivity index (χ4v) is 14.4. The Hall–Kier alpha value is -10.2. The van der Waals surface area contributed by atoms with Crippen molar-refractivity contribution in [3.05, 3.63) is 72.1 Å². The van der Waals surface area contributed by atoms with Crippen molar-refractivity contribution in [2.24, 2.45) is 40.3 Å². The smallest absolute Gasteiger partial charge is 0.246 e. The van der Waals surface area contributed by atoms with Crippen LogP contribution < -0.4 is 98.2 Å². The molecule has 2 aromatic carbocycles. The van der Waals surface area contributed by atoms with Crippen LogP contribution in [-0.4, -0.2) is 251 Å². The number of nitrogens with two attached hydrogens (primary N) is 6. The topological polar surface area (TPSA) is 598 Å². The lowest BCUT2D eigenvalue weighted by atomic mass is 9.96. The Morgan fingerprint density at radius 2 is 0.752 bits per heavy atom. The number of carbonyl (C=O) groups excluding carboxylic acids is 14. The quantitative estimate of drug-likeness (QED) is 0.0311. The van der Waals surface area contributed by atoms with Gasteiger partial charge in [-0.25, -0.2) is 0 Å². The number of aromatic amines is 2. The average Bonchev–Trinajstić information content (AvgIpc) is 1.68. The molecule has 37 heteroatoms. The molecule has 113 heavy (non-hydrogen) atoms. The van der Waals surface area contributed by atoms with Crippen LogP contribution in [0.25, 0.3) is 21.8 Å². The van der Waals surface area contributed by atoms with E-state index in [1.54, 1.807) is 81.7 Å². The number of para-hydroxylation sites is 2. The number of unbranched alkanes of at least 4 members (excludes halogenated alkanes) is 1. The molecule has 3 aliphatic heterocycles. The van der Waals surface area contributed by atoms with E-state index < -0.39 is 179 Å². The summed E-state index contributed by atoms with van der Waals surface area (Å²) in [7, 11) is 0. The van der Waals surface area contributed by atoms with Crippen molar-refractivity contribution in [3.63, 3.8) is 0 Å². The number of rotatable bonds is 23. The Kier molecular flexibility index (Phi) is 35.3. The summed E-state index contributed by atoms with van der Waals surface area (Å²) in [4.78, 5) is 214. The maximum Gasteiger partial charge on any atom is 0.246 e. The van der Waals surface area contributed by atoms with Gasteiger partial charge in [0, 0.05) is 60.1 Å². The summed E-state index contributed by atoms with van der Waals surface area (Å²) in [5, 5.41) is 44.9. The van der Waals surface area contributed by atoms with Gasteiger partial charge in [0.25, 0.3) is 0 Å². The third-order valence-corrected chi connectivity index (χ3v) is 20.9. The molecule has 4 aromatic rings. The van der Waals surface area contributed by atoms with Gasteiger partial charge in [0.05, 0.1) is 6.10 Å². The summed E-state index contributed by atoms with van der Waals surface area (Å²) in [5.74, 6) is -12.5. The van der Waals surface area contributed by atoms with Crippen LogP contribution in [-0.2, 0) is 80.0 Å². The van der Waals surface area contributed by atoms with Crippen LogP contribution in [0.4, 0.5) is 0 Å². The SMILES string of the molecule is CCC[C@@H]1NC(=O)[C@H](CCCCN)NC(=O)[C@H](CCN)NC(=O)[C@H]([C@@H](C)CC)NC(=O)[C@H](Cc2c[nH]c3ccccc23)NC(=O)[C@H]([C@@H](C)O)NC(=O)[C@@H]2CCCN2C(=O)[C@H]2CCCN2C(=O)[C@H](CCN)NC(=O)[C@H](C)NC(=O)[C@H](CCN)NC(=O)[C@H](CCN)NC(=O)[C@H](Cc2c[nH]c3ccccc23)NC(=O)[C@H](CCN)NC1=O. The van der Waals surface area contributed by atoms with Crippen molar-refractivity contribution < 1.29 is 72.2 Å². The molecular formula is C76H118N22O15. The summed E-state index contributed by atoms with van der Waals surface area (Å²) >= 11 is 0. The number of aliphatic hydroxyl groups is 1. The van der Waals surface area contributed by atoms with Gasteiger partial charge >= 0.3 is 0 Å². The van der Waals surface area contributed by atoms with Crippen molar-refractivity contribution in [1.82, 2.24) is 83.6 Å². The molecule has 0 unspecified atom stereocenters. The summed E-state index contributed by atoms with van der Waals surface area (Å²) < 4.78 is 0. The number of fused-ring (bicyclic) bond motifs is 4. The number of H-pyrrole nitrogens is 2. The predicted molar refractivity (Wildman–Crippen MR) is 420 cm³/mol. The number of benzene rings is 2. The standard InChI is InChI=1S/C76H118N22O15/c1-6-16-50-65(102)89-54(26-32-80)69(106)93-57(37-44-39-83-48-19-10-8-17-46(44)48)70(107)90-53(25-31-79)67(104)88-52(24-30-78)64(101)85-42(4)63(100)92-56(28-34-82)75(112)98-36-15-23-60(98)76(113)97-35-14-22-59(97)72(109)96-62(43(5)99)74(111)94-58(38-45-40-84-49-20-11-9-18-47(45)49)71(108)95-61(41(3)7-2)73(110)91-55(27-33-81)68(105)87-51(66(103)86-50)21-12-13-29-77/h8-11,17-20,39-43,50-62,83-84,99H,6-7,12-16,21-38,77-82H2,1-5H3,(H,85,101)(H,86,103)(H,87,105)(H,88,104)(H,89,102)(H,90,107)(H,91,110)(H,92,100)(H,93,106)(H,94,111)(H,95,108)(H,96,109)/t41-,42-,43+,50-,51-,52-,53-,54-,55-,56-,57-,58-,59-,60+,61-,62-/m0/s1. The van der Waals surface area contributed by atoms with E-state index in [9.17, 15) is 67.4 Å². The van der Waals surface area contributed by atoms with Crippen molar-refractivity contribution in [2.75, 3.05) is 52.4 Å². The molecule has 622 valence electrons. The molecule has 5 heterocycles. The molecular weight excluding hydrogens is 1460 g/mol. The van der Waals surface area contributed by atoms with E-state index in [-0.39, 0.29) is 129 Å². The van der Waals surface area contributed by atoms with Crippen LogP contribution in [0.2, 0.25) is 0 Å². The highest BCUT2D eigenvalue weighted by atomic mass is 16.3. The molecule has 27 N–H and O–H groups in total. The van der Waals surface area contributed by atoms with Crippen LogP contribution in [0.1, 0.15) is 142 Å². The zero-order valence-electron chi connectivity index (χ0n) is 65.2. The third-order valence-electron chi connectivity index (χ3n) is 20.9. The molecule has 0 spiro atoms. The number of nitrogens with zero attached hydrogens (tertiary/aromatic N) is 2. The molecule has 0 bridgehead atoms. The summed E-state index contributed by atoms with van der Waals surface area (Å²) in [6, 6.07) is -5.44. The van der Waals surface area contributed by atoms with E-state index in [0.717, 1.165) is 0 Å². The second-order valence-electron chi connectivity index (χ2n) is 29.3. The van der Waals surface area contributed by atoms with Gasteiger partial charge in [-0.1, -0.05) is 70.0 Å². The maximum atomic E-state index is 15.1. The lowest BCUT2D eigenvalue weighted by Crippen LogP contribution is -2.62. The Morgan fingerprint density at radius 3 is 1.20 bits per heavy atom. The van der Waals surface area contributed by atoms with E-state index in [4.69, 9.17) is 34.4 Å². The van der Waals surface area contributed by atoms with E-state index >= 15 is 4.79 Å². The van der Waals surface area contributed by atoms with Gasteiger partial charge in [-0.05, 0) is 166 Å². The first-order chi connectivity index (χ1) is 54.1. The zero-order valence-corrected chi connectivity index (χ0v) is 65.2. The summed E-state index contributed by atoms with van der Waals surface area (Å²) in [6.45, 7) is 7.28. The second kappa shape index (κ2) is 44.3. The Labute approximate surface area is 656 Å². The predicted octanol–water partition coefficient (Wildman–Crippen LogP) is -4.63. The van der Waals surface area contributed by atoms with Crippen LogP contribution in [0.5, 0.6) is 0 Å². The van der Waals surface area contributed by atoms with Crippen LogP contribution in [0, 0.1) is 5.92 Å². The van der Waals surface area contributed by atoms with E-state index in [1.165, 1.54) is 23.6 Å². The van der Waals surface area contributed by atoms with Gasteiger partial charge in [0.2, 0.25) is 82.7 Å². The molecule has 3 saturated heterocycles. The summed E-state index contributed by atoms with van der Waals surface area (Å²) in [6.07, 6.45) is 2.61. The van der Waals surface area contributed by atoms with Crippen LogP contribution in [0.15, 0.2) is 60.9 Å². The highest BCUT2D eigenvalue weighted by molar-refractivity contribution is 6.02. The number of amides is 14. The highest BCUT2D eigenvalue weighted by Crippen LogP contribution is 2.28. The molecule has 0 aliphatic carbocycles. The Morgan fingerprint density at radius 1 is 0.389 bits per heavy atom. The van der Waals surface area contributed by atoms with Crippen molar-refractivity contribution in [3.8, 4) is 0 Å². The largest absolute Gasteiger partial charge is 0.391 e. The highest BCUT2D eigenvalue weighted by Gasteiger charge is 2.46. The lowest BCUT2D eigenvalue weighted by Gasteiger charge is -2.34. The monoisotopic (exact) mass is 1580 g/mol. The Bertz CT molecular complexity index is 3950. The van der Waals surface area contributed by atoms with Crippen LogP contribution in [0.3, 0.4) is 0 Å². The Balaban J connectivity index is 1.24. The maximum absolute atomic E-state index is 15.1. The van der Waals surface area contributed by atoms with E-state index in [1.807, 2.05) is 0 Å². The molecule has 3 fully saturated rings. The van der Waals surface area contributed by atoms with E-state index in [2.05, 4.69) is 73.8 Å². The van der Waals surface area contributed by atoms with Gasteiger partial charge in [-0.3, -0.25) is 67.1 Å². The van der Waals surface area contributed by atoms with Gasteiger partial charge < -0.3 is 123 Å². The van der Waals surface area contributed by atoms with Gasteiger partial charge in [-0.2, -0.15) is 0 Å². The minimum Gasteiger partial charge on any atom is -0.391 e. The first-order valence-corrected chi connectivity index (χ1v) is 39.4. The zero-order chi connectivity index (χ0) is 82.6. The number of carbonyl (C=O) groups is 14.